The van der Waals surface area contributed by atoms with Crippen LogP contribution in [0.15, 0.2) is 12.3 Å². The van der Waals surface area contributed by atoms with E-state index < -0.39 is 24.8 Å². The highest BCUT2D eigenvalue weighted by molar-refractivity contribution is 5.78. The third kappa shape index (κ3) is 4.59. The average Bonchev–Trinajstić information content (AvgIpc) is 3.34. The van der Waals surface area contributed by atoms with E-state index in [0.29, 0.717) is 54.7 Å². The molecular formula is C22H25F5N8. The van der Waals surface area contributed by atoms with Crippen LogP contribution in [0.4, 0.5) is 33.7 Å². The number of hydrogen-bond acceptors (Lipinski definition) is 7. The van der Waals surface area contributed by atoms with Crippen molar-refractivity contribution >= 4 is 22.8 Å². The summed E-state index contributed by atoms with van der Waals surface area (Å²) in [5.74, 6) is 0.874. The lowest BCUT2D eigenvalue weighted by molar-refractivity contribution is -0.141. The van der Waals surface area contributed by atoms with Crippen molar-refractivity contribution < 1.29 is 22.0 Å². The smallest absolute Gasteiger partial charge is 0.356 e. The maximum absolute atomic E-state index is 13.2. The predicted molar refractivity (Wildman–Crippen MR) is 119 cm³/mol. The normalized spacial score (nSPS) is 18.4. The topological polar surface area (TPSA) is 75.9 Å². The molecule has 5 heterocycles. The number of nitrogens with zero attached hydrogens (tertiary/aromatic N) is 8. The minimum atomic E-state index is -4.52. The van der Waals surface area contributed by atoms with Crippen molar-refractivity contribution in [2.24, 2.45) is 5.41 Å². The van der Waals surface area contributed by atoms with Crippen molar-refractivity contribution in [1.82, 2.24) is 29.7 Å². The lowest BCUT2D eigenvalue weighted by Gasteiger charge is -2.39. The molecule has 0 N–H and O–H groups in total. The van der Waals surface area contributed by atoms with E-state index in [-0.39, 0.29) is 11.2 Å². The van der Waals surface area contributed by atoms with E-state index in [2.05, 4.69) is 25.0 Å². The van der Waals surface area contributed by atoms with Gasteiger partial charge in [0.2, 0.25) is 5.95 Å². The van der Waals surface area contributed by atoms with Crippen molar-refractivity contribution in [3.8, 4) is 0 Å². The second-order valence-electron chi connectivity index (χ2n) is 9.38. The number of hydrogen-bond donors (Lipinski definition) is 0. The third-order valence-corrected chi connectivity index (χ3v) is 6.96. The molecule has 188 valence electrons. The Morgan fingerprint density at radius 1 is 1.00 bits per heavy atom. The number of alkyl halides is 5. The lowest BCUT2D eigenvalue weighted by Crippen LogP contribution is -2.42. The predicted octanol–water partition coefficient (Wildman–Crippen LogP) is 4.01. The fraction of sp³-hybridized carbons (Fsp3) is 0.591. The van der Waals surface area contributed by atoms with Crippen LogP contribution in [0.25, 0.3) is 11.0 Å². The summed E-state index contributed by atoms with van der Waals surface area (Å²) >= 11 is 0. The van der Waals surface area contributed by atoms with Gasteiger partial charge in [0.15, 0.2) is 5.65 Å². The van der Waals surface area contributed by atoms with E-state index in [1.165, 1.54) is 11.6 Å². The molecule has 2 aliphatic heterocycles. The third-order valence-electron chi connectivity index (χ3n) is 6.96. The van der Waals surface area contributed by atoms with Gasteiger partial charge in [-0.05, 0) is 38.5 Å². The Bertz CT molecular complexity index is 1230. The fourth-order valence-electron chi connectivity index (χ4n) is 5.09. The number of fused-ring (bicyclic) bond motifs is 1. The molecule has 0 saturated carbocycles. The number of aromatic nitrogens is 6. The van der Waals surface area contributed by atoms with Crippen molar-refractivity contribution in [2.45, 2.75) is 52.3 Å². The summed E-state index contributed by atoms with van der Waals surface area (Å²) < 4.78 is 66.7. The summed E-state index contributed by atoms with van der Waals surface area (Å²) in [5, 5.41) is 4.81. The van der Waals surface area contributed by atoms with E-state index in [4.69, 9.17) is 0 Å². The quantitative estimate of drug-likeness (QED) is 0.505. The van der Waals surface area contributed by atoms with Gasteiger partial charge in [-0.3, -0.25) is 0 Å². The van der Waals surface area contributed by atoms with E-state index in [0.717, 1.165) is 25.3 Å². The van der Waals surface area contributed by atoms with Gasteiger partial charge in [0.05, 0.1) is 11.1 Å². The van der Waals surface area contributed by atoms with E-state index >= 15 is 0 Å². The van der Waals surface area contributed by atoms with Gasteiger partial charge < -0.3 is 9.80 Å². The molecule has 5 rings (SSSR count). The molecule has 8 nitrogen and oxygen atoms in total. The van der Waals surface area contributed by atoms with Gasteiger partial charge in [0.25, 0.3) is 6.43 Å². The maximum atomic E-state index is 13.2. The van der Waals surface area contributed by atoms with Gasteiger partial charge in [-0.1, -0.05) is 0 Å². The van der Waals surface area contributed by atoms with Crippen LogP contribution in [0, 0.1) is 19.3 Å². The summed E-state index contributed by atoms with van der Waals surface area (Å²) in [6.45, 7) is 5.25. The zero-order valence-corrected chi connectivity index (χ0v) is 19.4. The Morgan fingerprint density at radius 3 is 2.34 bits per heavy atom. The summed E-state index contributed by atoms with van der Waals surface area (Å²) in [6, 6.07) is 1.02. The second-order valence-corrected chi connectivity index (χ2v) is 9.38. The average molecular weight is 496 g/mol. The second kappa shape index (κ2) is 8.52. The van der Waals surface area contributed by atoms with Crippen LogP contribution in [-0.4, -0.2) is 62.3 Å². The molecular weight excluding hydrogens is 471 g/mol. The van der Waals surface area contributed by atoms with Crippen LogP contribution < -0.4 is 9.80 Å². The number of rotatable bonds is 4. The Morgan fingerprint density at radius 2 is 1.69 bits per heavy atom. The highest BCUT2D eigenvalue weighted by Crippen LogP contribution is 2.42. The van der Waals surface area contributed by atoms with Gasteiger partial charge >= 0.3 is 6.18 Å². The largest absolute Gasteiger partial charge is 0.433 e. The monoisotopic (exact) mass is 496 g/mol. The van der Waals surface area contributed by atoms with Crippen LogP contribution in [0.3, 0.4) is 0 Å². The van der Waals surface area contributed by atoms with Crippen molar-refractivity contribution in [2.75, 3.05) is 36.0 Å². The highest BCUT2D eigenvalue weighted by atomic mass is 19.4. The molecule has 0 bridgehead atoms. The summed E-state index contributed by atoms with van der Waals surface area (Å²) in [6.07, 6.45) is -2.95. The lowest BCUT2D eigenvalue weighted by atomic mass is 9.78. The summed E-state index contributed by atoms with van der Waals surface area (Å²) in [7, 11) is 0. The van der Waals surface area contributed by atoms with Gasteiger partial charge in [-0.25, -0.2) is 28.4 Å². The van der Waals surface area contributed by atoms with Gasteiger partial charge in [0, 0.05) is 38.4 Å². The van der Waals surface area contributed by atoms with Gasteiger partial charge in [-0.15, -0.1) is 0 Å². The molecule has 2 fully saturated rings. The molecule has 2 saturated heterocycles. The standard InChI is InChI=1S/C22H25F5N8/c1-13-15-10-28-20(31-19(15)35(32-13)11-17(23)24)33-6-3-21(4-7-33)5-8-34(12-21)18-9-16(22(25,26)27)29-14(2)30-18/h9-10,17H,3-8,11-12H2,1-2H3. The Kier molecular flexibility index (Phi) is 5.75. The first-order valence-corrected chi connectivity index (χ1v) is 11.4. The molecule has 0 aromatic carbocycles. The van der Waals surface area contributed by atoms with Crippen molar-refractivity contribution in [3.63, 3.8) is 0 Å². The van der Waals surface area contributed by atoms with Crippen molar-refractivity contribution in [3.05, 3.63) is 29.5 Å². The van der Waals surface area contributed by atoms with Gasteiger partial charge in [0.1, 0.15) is 23.9 Å². The number of anilines is 2. The molecule has 1 spiro atoms. The van der Waals surface area contributed by atoms with E-state index in [1.54, 1.807) is 13.1 Å². The molecule has 35 heavy (non-hydrogen) atoms. The molecule has 2 aliphatic rings. The minimum Gasteiger partial charge on any atom is -0.356 e. The van der Waals surface area contributed by atoms with Crippen molar-refractivity contribution in [1.29, 1.82) is 0 Å². The zero-order valence-electron chi connectivity index (χ0n) is 19.4. The first-order valence-electron chi connectivity index (χ1n) is 11.4. The van der Waals surface area contributed by atoms with Crippen LogP contribution in [0.2, 0.25) is 0 Å². The Hall–Kier alpha value is -3.12. The summed E-state index contributed by atoms with van der Waals surface area (Å²) in [5.41, 5.74) is 0.0279. The zero-order chi connectivity index (χ0) is 25.0. The highest BCUT2D eigenvalue weighted by Gasteiger charge is 2.42. The maximum Gasteiger partial charge on any atom is 0.433 e. The fourth-order valence-corrected chi connectivity index (χ4v) is 5.09. The minimum absolute atomic E-state index is 0.0358. The molecule has 0 aliphatic carbocycles. The van der Waals surface area contributed by atoms with Gasteiger partial charge in [-0.2, -0.15) is 23.3 Å². The van der Waals surface area contributed by atoms with E-state index in [1.807, 2.05) is 9.80 Å². The molecule has 3 aromatic heterocycles. The number of piperidine rings is 1. The molecule has 13 heteroatoms. The SMILES string of the molecule is Cc1nc(N2CCC3(CCN(c4ncc5c(C)nn(CC(F)F)c5n4)CC3)C2)cc(C(F)(F)F)n1. The van der Waals surface area contributed by atoms with Crippen LogP contribution >= 0.6 is 0 Å². The van der Waals surface area contributed by atoms with Crippen LogP contribution in [-0.2, 0) is 12.7 Å². The molecule has 0 atom stereocenters. The number of halogens is 5. The molecule has 0 amide bonds. The Labute approximate surface area is 198 Å². The van der Waals surface area contributed by atoms with E-state index in [9.17, 15) is 22.0 Å². The first-order chi connectivity index (χ1) is 16.5. The Balaban J connectivity index is 1.30. The van der Waals surface area contributed by atoms with Crippen LogP contribution in [0.5, 0.6) is 0 Å². The molecule has 3 aromatic rings. The number of aryl methyl sites for hydroxylation is 2. The molecule has 0 radical (unpaired) electrons. The first kappa shape index (κ1) is 23.6. The summed E-state index contributed by atoms with van der Waals surface area (Å²) in [4.78, 5) is 20.7. The molecule has 0 unspecified atom stereocenters. The van der Waals surface area contributed by atoms with Crippen LogP contribution in [0.1, 0.15) is 36.5 Å².